The van der Waals surface area contributed by atoms with Crippen molar-refractivity contribution >= 4 is 17.7 Å². The lowest BCUT2D eigenvalue weighted by Gasteiger charge is -2.06. The van der Waals surface area contributed by atoms with Crippen molar-refractivity contribution in [1.29, 1.82) is 0 Å². The summed E-state index contributed by atoms with van der Waals surface area (Å²) in [5.74, 6) is -2.53. The van der Waals surface area contributed by atoms with Crippen LogP contribution >= 0.6 is 0 Å². The fourth-order valence-electron chi connectivity index (χ4n) is 2.18. The Bertz CT molecular complexity index is 960. The highest BCUT2D eigenvalue weighted by Gasteiger charge is 2.16. The van der Waals surface area contributed by atoms with Gasteiger partial charge in [-0.1, -0.05) is 12.1 Å². The van der Waals surface area contributed by atoms with Crippen molar-refractivity contribution in [1.82, 2.24) is 0 Å². The molecule has 1 aromatic heterocycles. The van der Waals surface area contributed by atoms with E-state index in [4.69, 9.17) is 13.9 Å². The number of carbonyl (C=O) groups is 3. The van der Waals surface area contributed by atoms with Gasteiger partial charge in [0.25, 0.3) is 0 Å². The van der Waals surface area contributed by atoms with Crippen molar-refractivity contribution in [3.63, 3.8) is 0 Å². The summed E-state index contributed by atoms with van der Waals surface area (Å²) in [4.78, 5) is 35.7. The van der Waals surface area contributed by atoms with E-state index in [9.17, 15) is 18.8 Å². The first-order chi connectivity index (χ1) is 13.0. The molecular weight excluding hydrogens is 355 g/mol. The zero-order valence-corrected chi connectivity index (χ0v) is 13.9. The van der Waals surface area contributed by atoms with E-state index in [1.54, 1.807) is 6.07 Å². The highest BCUT2D eigenvalue weighted by molar-refractivity contribution is 5.99. The van der Waals surface area contributed by atoms with E-state index >= 15 is 0 Å². The molecule has 0 fully saturated rings. The van der Waals surface area contributed by atoms with E-state index in [1.165, 1.54) is 54.8 Å². The highest BCUT2D eigenvalue weighted by Crippen LogP contribution is 2.15. The normalized spacial score (nSPS) is 10.3. The molecule has 136 valence electrons. The number of esters is 2. The Morgan fingerprint density at radius 1 is 0.889 bits per heavy atom. The summed E-state index contributed by atoms with van der Waals surface area (Å²) >= 11 is 0. The smallest absolute Gasteiger partial charge is 0.379 e. The number of Topliss-reactive ketones (excluding diaryl/α,β-unsaturated/α-hetero) is 1. The van der Waals surface area contributed by atoms with Gasteiger partial charge < -0.3 is 13.9 Å². The van der Waals surface area contributed by atoms with E-state index in [0.717, 1.165) is 6.07 Å². The van der Waals surface area contributed by atoms with Crippen LogP contribution in [0, 0.1) is 5.82 Å². The largest absolute Gasteiger partial charge is 0.457 e. The fraction of sp³-hybridized carbons (Fsp3) is 0.0500. The van der Waals surface area contributed by atoms with E-state index in [-0.39, 0.29) is 22.6 Å². The average molecular weight is 368 g/mol. The summed E-state index contributed by atoms with van der Waals surface area (Å²) in [5, 5.41) is 0. The zero-order chi connectivity index (χ0) is 19.2. The van der Waals surface area contributed by atoms with Crippen LogP contribution in [-0.4, -0.2) is 24.3 Å². The molecule has 1 heterocycles. The SMILES string of the molecule is O=C(COC(=O)c1ccccc1F)c1ccc(OC(=O)c2ccco2)cc1. The fourth-order valence-corrected chi connectivity index (χ4v) is 2.18. The molecule has 2 aromatic carbocycles. The van der Waals surface area contributed by atoms with Gasteiger partial charge >= 0.3 is 11.9 Å². The second kappa shape index (κ2) is 8.09. The molecule has 3 rings (SSSR count). The lowest BCUT2D eigenvalue weighted by Crippen LogP contribution is -2.15. The Morgan fingerprint density at radius 2 is 1.63 bits per heavy atom. The molecule has 0 N–H and O–H groups in total. The minimum atomic E-state index is -0.926. The first kappa shape index (κ1) is 18.1. The molecule has 6 nitrogen and oxygen atoms in total. The van der Waals surface area contributed by atoms with Gasteiger partial charge in [0.2, 0.25) is 5.76 Å². The molecule has 3 aromatic rings. The average Bonchev–Trinajstić information content (AvgIpc) is 3.22. The Balaban J connectivity index is 1.57. The number of ether oxygens (including phenoxy) is 2. The Kier molecular flexibility index (Phi) is 5.41. The number of rotatable bonds is 6. The minimum Gasteiger partial charge on any atom is -0.457 e. The third-order valence-corrected chi connectivity index (χ3v) is 3.54. The molecule has 7 heteroatoms. The lowest BCUT2D eigenvalue weighted by atomic mass is 10.1. The van der Waals surface area contributed by atoms with Crippen LogP contribution in [-0.2, 0) is 4.74 Å². The molecule has 27 heavy (non-hydrogen) atoms. The second-order valence-corrected chi connectivity index (χ2v) is 5.37. The van der Waals surface area contributed by atoms with Gasteiger partial charge in [0, 0.05) is 5.56 Å². The van der Waals surface area contributed by atoms with Crippen molar-refractivity contribution in [3.8, 4) is 5.75 Å². The Labute approximate surface area is 153 Å². The molecule has 0 spiro atoms. The van der Waals surface area contributed by atoms with Crippen LogP contribution in [0.3, 0.4) is 0 Å². The van der Waals surface area contributed by atoms with Gasteiger partial charge in [-0.15, -0.1) is 0 Å². The predicted molar refractivity (Wildman–Crippen MR) is 91.1 cm³/mol. The molecule has 0 amide bonds. The highest BCUT2D eigenvalue weighted by atomic mass is 19.1. The van der Waals surface area contributed by atoms with Crippen molar-refractivity contribution in [2.45, 2.75) is 0 Å². The van der Waals surface area contributed by atoms with Gasteiger partial charge in [-0.2, -0.15) is 0 Å². The predicted octanol–water partition coefficient (Wildman–Crippen LogP) is 3.68. The maximum absolute atomic E-state index is 13.5. The first-order valence-electron chi connectivity index (χ1n) is 7.85. The van der Waals surface area contributed by atoms with Crippen LogP contribution in [0.4, 0.5) is 4.39 Å². The van der Waals surface area contributed by atoms with Crippen LogP contribution in [0.5, 0.6) is 5.75 Å². The number of benzene rings is 2. The van der Waals surface area contributed by atoms with Crippen LogP contribution in [0.25, 0.3) is 0 Å². The van der Waals surface area contributed by atoms with Gasteiger partial charge in [0.05, 0.1) is 11.8 Å². The van der Waals surface area contributed by atoms with Crippen LogP contribution in [0.1, 0.15) is 31.3 Å². The number of carbonyl (C=O) groups excluding carboxylic acids is 3. The lowest BCUT2D eigenvalue weighted by molar-refractivity contribution is 0.0470. The molecular formula is C20H13FO6. The molecule has 0 saturated carbocycles. The van der Waals surface area contributed by atoms with Crippen molar-refractivity contribution < 1.29 is 32.7 Å². The Hall–Kier alpha value is -3.74. The molecule has 0 aliphatic rings. The van der Waals surface area contributed by atoms with Gasteiger partial charge in [-0.05, 0) is 48.5 Å². The summed E-state index contributed by atoms with van der Waals surface area (Å²) in [6.07, 6.45) is 1.35. The van der Waals surface area contributed by atoms with Crippen molar-refractivity contribution in [3.05, 3.63) is 89.6 Å². The van der Waals surface area contributed by atoms with Gasteiger partial charge in [0.15, 0.2) is 12.4 Å². The van der Waals surface area contributed by atoms with Crippen LogP contribution in [0.15, 0.2) is 71.3 Å². The van der Waals surface area contributed by atoms with E-state index in [1.807, 2.05) is 0 Å². The molecule has 0 aliphatic carbocycles. The van der Waals surface area contributed by atoms with Gasteiger partial charge in [-0.25, -0.2) is 14.0 Å². The molecule has 0 saturated heterocycles. The topological polar surface area (TPSA) is 82.8 Å². The first-order valence-corrected chi connectivity index (χ1v) is 7.85. The summed E-state index contributed by atoms with van der Waals surface area (Å²) in [6, 6.07) is 14.0. The third kappa shape index (κ3) is 4.46. The molecule has 0 radical (unpaired) electrons. The number of ketones is 1. The summed E-state index contributed by atoms with van der Waals surface area (Å²) in [7, 11) is 0. The van der Waals surface area contributed by atoms with Crippen LogP contribution < -0.4 is 4.74 Å². The number of hydrogen-bond acceptors (Lipinski definition) is 6. The minimum absolute atomic E-state index is 0.0511. The molecule has 0 bridgehead atoms. The van der Waals surface area contributed by atoms with E-state index in [2.05, 4.69) is 0 Å². The second-order valence-electron chi connectivity index (χ2n) is 5.37. The monoisotopic (exact) mass is 368 g/mol. The van der Waals surface area contributed by atoms with Crippen LogP contribution in [0.2, 0.25) is 0 Å². The number of furan rings is 1. The van der Waals surface area contributed by atoms with E-state index in [0.29, 0.717) is 0 Å². The maximum Gasteiger partial charge on any atom is 0.379 e. The summed E-state index contributed by atoms with van der Waals surface area (Å²) in [5.41, 5.74) is -0.000354. The van der Waals surface area contributed by atoms with Crippen molar-refractivity contribution in [2.75, 3.05) is 6.61 Å². The Morgan fingerprint density at radius 3 is 2.30 bits per heavy atom. The molecule has 0 aliphatic heterocycles. The van der Waals surface area contributed by atoms with E-state index < -0.39 is 30.1 Å². The molecule has 0 atom stereocenters. The summed E-state index contributed by atoms with van der Waals surface area (Å²) < 4.78 is 28.4. The maximum atomic E-state index is 13.5. The van der Waals surface area contributed by atoms with Crippen molar-refractivity contribution in [2.24, 2.45) is 0 Å². The van der Waals surface area contributed by atoms with Gasteiger partial charge in [0.1, 0.15) is 11.6 Å². The van der Waals surface area contributed by atoms with Gasteiger partial charge in [-0.3, -0.25) is 4.79 Å². The standard InChI is InChI=1S/C20H13FO6/c21-16-5-2-1-4-15(16)19(23)26-12-17(22)13-7-9-14(10-8-13)27-20(24)18-6-3-11-25-18/h1-11H,12H2. The third-order valence-electron chi connectivity index (χ3n) is 3.54. The molecule has 0 unspecified atom stereocenters. The zero-order valence-electron chi connectivity index (χ0n) is 13.9. The quantitative estimate of drug-likeness (QED) is 0.375. The number of halogens is 1. The summed E-state index contributed by atoms with van der Waals surface area (Å²) in [6.45, 7) is -0.543. The number of hydrogen-bond donors (Lipinski definition) is 0.